The number of imidazole rings is 1. The van der Waals surface area contributed by atoms with Crippen molar-refractivity contribution in [2.75, 3.05) is 20.2 Å². The lowest BCUT2D eigenvalue weighted by atomic mass is 10.0. The van der Waals surface area contributed by atoms with E-state index in [1.165, 1.54) is 5.57 Å². The minimum atomic E-state index is -0.00275. The Morgan fingerprint density at radius 1 is 1.21 bits per heavy atom. The van der Waals surface area contributed by atoms with Crippen LogP contribution in [0, 0.1) is 6.92 Å². The van der Waals surface area contributed by atoms with Crippen molar-refractivity contribution in [1.82, 2.24) is 34.9 Å². The summed E-state index contributed by atoms with van der Waals surface area (Å²) in [6, 6.07) is 6.58. The van der Waals surface area contributed by atoms with E-state index in [2.05, 4.69) is 90.5 Å². The predicted octanol–water partition coefficient (Wildman–Crippen LogP) is 4.04. The van der Waals surface area contributed by atoms with Gasteiger partial charge in [-0.25, -0.2) is 14.6 Å². The average Bonchev–Trinajstić information content (AvgIpc) is 3.30. The Bertz CT molecular complexity index is 1160. The molecule has 0 aliphatic carbocycles. The molecule has 0 saturated carbocycles. The van der Waals surface area contributed by atoms with Crippen LogP contribution in [-0.4, -0.2) is 50.1 Å². The van der Waals surface area contributed by atoms with Crippen LogP contribution < -0.4 is 15.4 Å². The summed E-state index contributed by atoms with van der Waals surface area (Å²) in [4.78, 5) is 9.62. The van der Waals surface area contributed by atoms with Crippen molar-refractivity contribution in [3.63, 3.8) is 0 Å². The molecule has 0 radical (unpaired) electrons. The van der Waals surface area contributed by atoms with Crippen LogP contribution in [0.5, 0.6) is 5.75 Å². The second kappa shape index (κ2) is 9.02. The third kappa shape index (κ3) is 4.95. The molecule has 3 heterocycles. The lowest BCUT2D eigenvalue weighted by Gasteiger charge is -2.20. The first kappa shape index (κ1) is 23.0. The molecular formula is C25H35N7O. The Hall–Kier alpha value is -3.13. The highest BCUT2D eigenvalue weighted by Gasteiger charge is 2.23. The van der Waals surface area contributed by atoms with Crippen molar-refractivity contribution in [3.8, 4) is 28.7 Å². The molecule has 33 heavy (non-hydrogen) atoms. The summed E-state index contributed by atoms with van der Waals surface area (Å²) in [5.74, 6) is 3.30. The molecule has 0 atom stereocenters. The molecule has 8 heteroatoms. The fraction of sp³-hybridized carbons (Fsp3) is 0.480. The van der Waals surface area contributed by atoms with Gasteiger partial charge in [-0.3, -0.25) is 0 Å². The molecular weight excluding hydrogens is 414 g/mol. The van der Waals surface area contributed by atoms with Gasteiger partial charge in [0.15, 0.2) is 5.82 Å². The molecule has 2 N–H and O–H groups in total. The number of hydrogen-bond donors (Lipinski definition) is 2. The summed E-state index contributed by atoms with van der Waals surface area (Å²) in [6.45, 7) is 14.7. The first-order valence-electron chi connectivity index (χ1n) is 11.6. The number of likely N-dealkylation sites (N-methyl/N-ethyl adjacent to an activating group) is 1. The SMILES string of the molecule is CNC/C(=C\NC(C)(C)C)c1ccc2c(c1)OCCn1cc(-c3nc(C)nn3C(C)C)nc1-2. The second-order valence-electron chi connectivity index (χ2n) is 9.82. The van der Waals surface area contributed by atoms with Crippen LogP contribution in [0.15, 0.2) is 30.6 Å². The summed E-state index contributed by atoms with van der Waals surface area (Å²) >= 11 is 0. The zero-order chi connectivity index (χ0) is 23.8. The maximum atomic E-state index is 6.15. The van der Waals surface area contributed by atoms with Gasteiger partial charge in [-0.15, -0.1) is 0 Å². The molecule has 1 aromatic carbocycles. The minimum Gasteiger partial charge on any atom is -0.491 e. The number of nitrogens with one attached hydrogen (secondary N) is 2. The van der Waals surface area contributed by atoms with Gasteiger partial charge in [0.1, 0.15) is 29.7 Å². The zero-order valence-electron chi connectivity index (χ0n) is 20.7. The number of nitrogens with zero attached hydrogens (tertiary/aromatic N) is 5. The van der Waals surface area contributed by atoms with Gasteiger partial charge in [0.2, 0.25) is 0 Å². The molecule has 0 amide bonds. The molecule has 1 aliphatic rings. The number of ether oxygens (including phenoxy) is 1. The topological polar surface area (TPSA) is 81.8 Å². The lowest BCUT2D eigenvalue weighted by molar-refractivity contribution is 0.306. The van der Waals surface area contributed by atoms with Gasteiger partial charge in [-0.05, 0) is 71.9 Å². The Morgan fingerprint density at radius 3 is 2.70 bits per heavy atom. The van der Waals surface area contributed by atoms with Gasteiger partial charge >= 0.3 is 0 Å². The molecule has 2 aromatic heterocycles. The van der Waals surface area contributed by atoms with Crippen LogP contribution in [0.1, 0.15) is 52.0 Å². The Labute approximate surface area is 196 Å². The van der Waals surface area contributed by atoms with Crippen LogP contribution in [0.2, 0.25) is 0 Å². The zero-order valence-corrected chi connectivity index (χ0v) is 20.7. The van der Waals surface area contributed by atoms with Crippen molar-refractivity contribution in [3.05, 3.63) is 42.0 Å². The third-order valence-corrected chi connectivity index (χ3v) is 5.46. The van der Waals surface area contributed by atoms with Crippen molar-refractivity contribution >= 4 is 5.57 Å². The number of fused-ring (bicyclic) bond motifs is 3. The summed E-state index contributed by atoms with van der Waals surface area (Å²) in [6.07, 6.45) is 4.15. The maximum Gasteiger partial charge on any atom is 0.178 e. The standard InChI is InChI=1S/C25H35N7O/c1-16(2)32-24(28-17(3)30-32)21-15-31-10-11-33-22-12-18(8-9-20(22)23(31)29-21)19(13-26-7)14-27-25(4,5)6/h8-9,12,14-16,26-27H,10-11,13H2,1-7H3/b19-14+. The molecule has 176 valence electrons. The van der Waals surface area contributed by atoms with Crippen LogP contribution >= 0.6 is 0 Å². The van der Waals surface area contributed by atoms with Crippen molar-refractivity contribution in [1.29, 1.82) is 0 Å². The monoisotopic (exact) mass is 449 g/mol. The summed E-state index contributed by atoms with van der Waals surface area (Å²) in [5.41, 5.74) is 4.11. The first-order valence-corrected chi connectivity index (χ1v) is 11.6. The molecule has 0 bridgehead atoms. The van der Waals surface area contributed by atoms with E-state index in [1.54, 1.807) is 0 Å². The Morgan fingerprint density at radius 2 is 2.00 bits per heavy atom. The Balaban J connectivity index is 1.73. The van der Waals surface area contributed by atoms with Gasteiger partial charge in [-0.1, -0.05) is 6.07 Å². The quantitative estimate of drug-likeness (QED) is 0.591. The van der Waals surface area contributed by atoms with E-state index in [1.807, 2.05) is 18.7 Å². The molecule has 0 fully saturated rings. The highest BCUT2D eigenvalue weighted by Crippen LogP contribution is 2.36. The summed E-state index contributed by atoms with van der Waals surface area (Å²) < 4.78 is 10.2. The van der Waals surface area contributed by atoms with Crippen LogP contribution in [0.25, 0.3) is 28.5 Å². The molecule has 0 unspecified atom stereocenters. The van der Waals surface area contributed by atoms with E-state index in [-0.39, 0.29) is 11.6 Å². The molecule has 1 aliphatic heterocycles. The highest BCUT2D eigenvalue weighted by atomic mass is 16.5. The van der Waals surface area contributed by atoms with E-state index in [9.17, 15) is 0 Å². The largest absolute Gasteiger partial charge is 0.491 e. The number of benzene rings is 1. The molecule has 4 rings (SSSR count). The van der Waals surface area contributed by atoms with Crippen molar-refractivity contribution in [2.24, 2.45) is 0 Å². The van der Waals surface area contributed by atoms with E-state index in [4.69, 9.17) is 9.72 Å². The fourth-order valence-electron chi connectivity index (χ4n) is 3.88. The lowest BCUT2D eigenvalue weighted by Crippen LogP contribution is -2.32. The molecule has 0 spiro atoms. The van der Waals surface area contributed by atoms with Crippen molar-refractivity contribution < 1.29 is 4.74 Å². The van der Waals surface area contributed by atoms with Crippen LogP contribution in [0.4, 0.5) is 0 Å². The number of hydrogen-bond acceptors (Lipinski definition) is 6. The molecule has 0 saturated heterocycles. The normalized spacial score (nSPS) is 14.0. The third-order valence-electron chi connectivity index (χ3n) is 5.46. The van der Waals surface area contributed by atoms with E-state index in [0.717, 1.165) is 53.1 Å². The maximum absolute atomic E-state index is 6.15. The minimum absolute atomic E-state index is 0.00275. The smallest absolute Gasteiger partial charge is 0.178 e. The summed E-state index contributed by atoms with van der Waals surface area (Å²) in [7, 11) is 1.96. The summed E-state index contributed by atoms with van der Waals surface area (Å²) in [5, 5.41) is 11.3. The predicted molar refractivity (Wildman–Crippen MR) is 132 cm³/mol. The Kier molecular flexibility index (Phi) is 6.30. The fourth-order valence-corrected chi connectivity index (χ4v) is 3.88. The highest BCUT2D eigenvalue weighted by molar-refractivity contribution is 5.75. The van der Waals surface area contributed by atoms with Crippen LogP contribution in [-0.2, 0) is 6.54 Å². The van der Waals surface area contributed by atoms with Gasteiger partial charge in [0.05, 0.1) is 12.1 Å². The molecule has 3 aromatic rings. The van der Waals surface area contributed by atoms with Gasteiger partial charge in [-0.2, -0.15) is 5.10 Å². The average molecular weight is 450 g/mol. The number of aromatic nitrogens is 5. The number of aryl methyl sites for hydroxylation is 1. The van der Waals surface area contributed by atoms with Gasteiger partial charge < -0.3 is 19.9 Å². The van der Waals surface area contributed by atoms with E-state index in [0.29, 0.717) is 6.61 Å². The van der Waals surface area contributed by atoms with Gasteiger partial charge in [0, 0.05) is 30.5 Å². The van der Waals surface area contributed by atoms with E-state index >= 15 is 0 Å². The van der Waals surface area contributed by atoms with Crippen LogP contribution in [0.3, 0.4) is 0 Å². The van der Waals surface area contributed by atoms with Crippen molar-refractivity contribution in [2.45, 2.75) is 59.7 Å². The van der Waals surface area contributed by atoms with E-state index < -0.39 is 0 Å². The molecule has 8 nitrogen and oxygen atoms in total. The number of rotatable bonds is 6. The second-order valence-corrected chi connectivity index (χ2v) is 9.82. The van der Waals surface area contributed by atoms with Gasteiger partial charge in [0.25, 0.3) is 0 Å². The first-order chi connectivity index (χ1) is 15.7.